The second kappa shape index (κ2) is 10.9. The minimum Gasteiger partial charge on any atom is -0.373 e. The third-order valence-corrected chi connectivity index (χ3v) is 6.79. The molecule has 1 atom stereocenters. The van der Waals surface area contributed by atoms with E-state index in [-0.39, 0.29) is 18.0 Å². The number of rotatable bonds is 4. The molecule has 35 heavy (non-hydrogen) atoms. The Morgan fingerprint density at radius 1 is 0.829 bits per heavy atom. The van der Waals surface area contributed by atoms with Crippen LogP contribution in [0.15, 0.2) is 72.8 Å². The van der Waals surface area contributed by atoms with Crippen LogP contribution in [-0.4, -0.2) is 85.2 Å². The lowest BCUT2D eigenvalue weighted by Crippen LogP contribution is -2.51. The van der Waals surface area contributed by atoms with E-state index in [9.17, 15) is 9.59 Å². The minimum absolute atomic E-state index is 0.0342. The van der Waals surface area contributed by atoms with Gasteiger partial charge in [0, 0.05) is 50.5 Å². The fourth-order valence-corrected chi connectivity index (χ4v) is 4.89. The number of hydrogen-bond donors (Lipinski definition) is 1. The van der Waals surface area contributed by atoms with Crippen LogP contribution in [0.25, 0.3) is 10.8 Å². The normalized spacial score (nSPS) is 19.4. The zero-order valence-corrected chi connectivity index (χ0v) is 19.9. The van der Waals surface area contributed by atoms with Gasteiger partial charge in [0.15, 0.2) is 0 Å². The number of para-hydroxylation sites is 1. The van der Waals surface area contributed by atoms with Crippen molar-refractivity contribution in [2.75, 3.05) is 57.7 Å². The summed E-state index contributed by atoms with van der Waals surface area (Å²) in [5.74, 6) is 0.0928. The molecule has 2 heterocycles. The molecule has 2 saturated heterocycles. The molecule has 3 amide bonds. The first-order valence-corrected chi connectivity index (χ1v) is 12.4. The Balaban J connectivity index is 1.14. The quantitative estimate of drug-likeness (QED) is 0.625. The molecule has 1 unspecified atom stereocenters. The molecule has 7 heteroatoms. The van der Waals surface area contributed by atoms with Crippen LogP contribution in [0, 0.1) is 0 Å². The molecule has 2 aliphatic rings. The maximum atomic E-state index is 13.2. The molecule has 3 aromatic rings. The van der Waals surface area contributed by atoms with E-state index in [1.54, 1.807) is 0 Å². The second-order valence-electron chi connectivity index (χ2n) is 9.24. The van der Waals surface area contributed by atoms with E-state index < -0.39 is 0 Å². The Bertz CT molecular complexity index is 1170. The highest BCUT2D eigenvalue weighted by Crippen LogP contribution is 2.18. The first kappa shape index (κ1) is 23.3. The van der Waals surface area contributed by atoms with Crippen LogP contribution >= 0.6 is 0 Å². The van der Waals surface area contributed by atoms with Gasteiger partial charge < -0.3 is 19.9 Å². The van der Waals surface area contributed by atoms with Gasteiger partial charge >= 0.3 is 6.03 Å². The van der Waals surface area contributed by atoms with E-state index in [1.165, 1.54) is 0 Å². The number of fused-ring (bicyclic) bond motifs is 1. The fraction of sp³-hybridized carbons (Fsp3) is 0.357. The molecule has 0 bridgehead atoms. The summed E-state index contributed by atoms with van der Waals surface area (Å²) < 4.78 is 5.99. The number of ether oxygens (including phenoxy) is 1. The zero-order chi connectivity index (χ0) is 24.0. The van der Waals surface area contributed by atoms with Crippen molar-refractivity contribution in [3.63, 3.8) is 0 Å². The smallest absolute Gasteiger partial charge is 0.322 e. The van der Waals surface area contributed by atoms with Crippen molar-refractivity contribution in [2.24, 2.45) is 0 Å². The highest BCUT2D eigenvalue weighted by molar-refractivity contribution is 5.98. The third-order valence-electron chi connectivity index (χ3n) is 6.79. The summed E-state index contributed by atoms with van der Waals surface area (Å²) in [5, 5.41) is 5.20. The van der Waals surface area contributed by atoms with Crippen molar-refractivity contribution in [1.29, 1.82) is 0 Å². The van der Waals surface area contributed by atoms with Crippen LogP contribution in [0.1, 0.15) is 16.8 Å². The predicted octanol–water partition coefficient (Wildman–Crippen LogP) is 3.92. The number of morpholine rings is 1. The summed E-state index contributed by atoms with van der Waals surface area (Å²) in [6.07, 6.45) is 0.887. The molecule has 0 spiro atoms. The molecule has 2 fully saturated rings. The van der Waals surface area contributed by atoms with Crippen molar-refractivity contribution in [3.8, 4) is 0 Å². The summed E-state index contributed by atoms with van der Waals surface area (Å²) in [7, 11) is 0. The van der Waals surface area contributed by atoms with Gasteiger partial charge in [-0.2, -0.15) is 0 Å². The molecular formula is C28H32N4O3. The van der Waals surface area contributed by atoms with Crippen molar-refractivity contribution < 1.29 is 14.3 Å². The molecule has 2 aliphatic heterocycles. The molecular weight excluding hydrogens is 440 g/mol. The van der Waals surface area contributed by atoms with E-state index in [0.717, 1.165) is 54.6 Å². The monoisotopic (exact) mass is 472 g/mol. The van der Waals surface area contributed by atoms with Gasteiger partial charge in [-0.15, -0.1) is 0 Å². The summed E-state index contributed by atoms with van der Waals surface area (Å²) in [6, 6.07) is 23.5. The molecule has 0 radical (unpaired) electrons. The highest BCUT2D eigenvalue weighted by atomic mass is 16.5. The zero-order valence-electron chi connectivity index (χ0n) is 19.9. The first-order valence-electron chi connectivity index (χ1n) is 12.4. The molecule has 3 aromatic carbocycles. The van der Waals surface area contributed by atoms with Crippen LogP contribution in [-0.2, 0) is 4.74 Å². The number of urea groups is 1. The summed E-state index contributed by atoms with van der Waals surface area (Å²) in [5.41, 5.74) is 1.54. The molecule has 1 N–H and O–H groups in total. The Hall–Kier alpha value is -3.42. The van der Waals surface area contributed by atoms with Crippen LogP contribution in [0.2, 0.25) is 0 Å². The highest BCUT2D eigenvalue weighted by Gasteiger charge is 2.27. The topological polar surface area (TPSA) is 65.1 Å². The lowest BCUT2D eigenvalue weighted by atomic mass is 10.1. The van der Waals surface area contributed by atoms with E-state index >= 15 is 0 Å². The van der Waals surface area contributed by atoms with Crippen LogP contribution in [0.4, 0.5) is 10.5 Å². The summed E-state index contributed by atoms with van der Waals surface area (Å²) >= 11 is 0. The summed E-state index contributed by atoms with van der Waals surface area (Å²) in [4.78, 5) is 32.0. The third kappa shape index (κ3) is 5.81. The number of nitrogens with one attached hydrogen (secondary N) is 1. The Morgan fingerprint density at radius 2 is 1.63 bits per heavy atom. The van der Waals surface area contributed by atoms with Gasteiger partial charge in [0.25, 0.3) is 5.91 Å². The number of carbonyl (C=O) groups is 2. The Morgan fingerprint density at radius 3 is 2.49 bits per heavy atom. The van der Waals surface area contributed by atoms with Crippen molar-refractivity contribution in [2.45, 2.75) is 12.5 Å². The van der Waals surface area contributed by atoms with Gasteiger partial charge in [0.1, 0.15) is 0 Å². The van der Waals surface area contributed by atoms with E-state index in [4.69, 9.17) is 4.74 Å². The summed E-state index contributed by atoms with van der Waals surface area (Å²) in [6.45, 7) is 5.60. The molecule has 0 saturated carbocycles. The Kier molecular flexibility index (Phi) is 7.25. The number of hydrogen-bond acceptors (Lipinski definition) is 4. The van der Waals surface area contributed by atoms with E-state index in [0.29, 0.717) is 26.2 Å². The van der Waals surface area contributed by atoms with Crippen LogP contribution in [0.3, 0.4) is 0 Å². The number of carbonyl (C=O) groups excluding carboxylic acids is 2. The number of nitrogens with zero attached hydrogens (tertiary/aromatic N) is 3. The Labute approximate surface area is 206 Å². The lowest BCUT2D eigenvalue weighted by molar-refractivity contribution is -0.0283. The molecule has 5 rings (SSSR count). The number of benzene rings is 3. The van der Waals surface area contributed by atoms with E-state index in [2.05, 4.69) is 16.3 Å². The van der Waals surface area contributed by atoms with E-state index in [1.807, 2.05) is 76.5 Å². The molecule has 0 aliphatic carbocycles. The molecule has 0 aromatic heterocycles. The van der Waals surface area contributed by atoms with Crippen molar-refractivity contribution >= 4 is 28.4 Å². The average molecular weight is 473 g/mol. The number of anilines is 1. The van der Waals surface area contributed by atoms with Crippen LogP contribution in [0.5, 0.6) is 0 Å². The standard InChI is InChI=1S/C28H32N4O3/c33-27(24-12-11-22-7-4-5-8-23(22)19-24)31-14-6-13-30(15-16-31)20-26-21-32(17-18-35-26)28(34)29-25-9-2-1-3-10-25/h1-5,7-12,19,26H,6,13-18,20-21H2,(H,29,34). The van der Waals surface area contributed by atoms with Gasteiger partial charge in [-0.25, -0.2) is 4.79 Å². The molecule has 182 valence electrons. The van der Waals surface area contributed by atoms with Gasteiger partial charge in [0.05, 0.1) is 12.7 Å². The van der Waals surface area contributed by atoms with Gasteiger partial charge in [-0.3, -0.25) is 9.69 Å². The number of amides is 3. The van der Waals surface area contributed by atoms with Crippen molar-refractivity contribution in [1.82, 2.24) is 14.7 Å². The van der Waals surface area contributed by atoms with Gasteiger partial charge in [-0.05, 0) is 48.0 Å². The molecule has 7 nitrogen and oxygen atoms in total. The SMILES string of the molecule is O=C(Nc1ccccc1)N1CCOC(CN2CCCN(C(=O)c3ccc4ccccc4c3)CC2)C1. The lowest BCUT2D eigenvalue weighted by Gasteiger charge is -2.35. The minimum atomic E-state index is -0.0903. The van der Waals surface area contributed by atoms with Crippen molar-refractivity contribution in [3.05, 3.63) is 78.4 Å². The van der Waals surface area contributed by atoms with Gasteiger partial charge in [-0.1, -0.05) is 48.5 Å². The maximum absolute atomic E-state index is 13.2. The second-order valence-corrected chi connectivity index (χ2v) is 9.24. The fourth-order valence-electron chi connectivity index (χ4n) is 4.89. The predicted molar refractivity (Wildman–Crippen MR) is 138 cm³/mol. The first-order chi connectivity index (χ1) is 17.2. The average Bonchev–Trinajstić information content (AvgIpc) is 3.14. The largest absolute Gasteiger partial charge is 0.373 e. The van der Waals surface area contributed by atoms with Crippen LogP contribution < -0.4 is 5.32 Å². The maximum Gasteiger partial charge on any atom is 0.322 e. The van der Waals surface area contributed by atoms with Gasteiger partial charge in [0.2, 0.25) is 0 Å².